The summed E-state index contributed by atoms with van der Waals surface area (Å²) in [6.45, 7) is 9.27. The van der Waals surface area contributed by atoms with Gasteiger partial charge in [-0.2, -0.15) is 0 Å². The van der Waals surface area contributed by atoms with Crippen molar-refractivity contribution in [3.8, 4) is 0 Å². The van der Waals surface area contributed by atoms with Crippen LogP contribution in [-0.2, 0) is 17.8 Å². The molecular formula is C16H20N2O. The van der Waals surface area contributed by atoms with Gasteiger partial charge in [-0.3, -0.25) is 4.79 Å². The summed E-state index contributed by atoms with van der Waals surface area (Å²) in [7, 11) is 0. The summed E-state index contributed by atoms with van der Waals surface area (Å²) in [4.78, 5) is 14.2. The second-order valence-corrected chi connectivity index (χ2v) is 4.73. The van der Waals surface area contributed by atoms with E-state index in [0.717, 1.165) is 13.0 Å². The molecule has 1 aromatic rings. The van der Waals surface area contributed by atoms with Crippen molar-refractivity contribution in [1.29, 1.82) is 0 Å². The molecule has 100 valence electrons. The van der Waals surface area contributed by atoms with Gasteiger partial charge >= 0.3 is 0 Å². The fraction of sp³-hybridized carbons (Fsp3) is 0.312. The van der Waals surface area contributed by atoms with E-state index in [1.807, 2.05) is 12.1 Å². The van der Waals surface area contributed by atoms with Crippen molar-refractivity contribution < 1.29 is 4.79 Å². The van der Waals surface area contributed by atoms with E-state index in [-0.39, 0.29) is 11.9 Å². The predicted molar refractivity (Wildman–Crippen MR) is 77.7 cm³/mol. The predicted octanol–water partition coefficient (Wildman–Crippen LogP) is 1.90. The number of rotatable bonds is 5. The highest BCUT2D eigenvalue weighted by atomic mass is 16.2. The smallest absolute Gasteiger partial charge is 0.240 e. The molecule has 0 radical (unpaired) electrons. The highest BCUT2D eigenvalue weighted by molar-refractivity contribution is 5.83. The molecule has 3 nitrogen and oxygen atoms in total. The third-order valence-electron chi connectivity index (χ3n) is 3.39. The summed E-state index contributed by atoms with van der Waals surface area (Å²) >= 11 is 0. The van der Waals surface area contributed by atoms with Gasteiger partial charge in [-0.25, -0.2) is 0 Å². The Morgan fingerprint density at radius 1 is 1.26 bits per heavy atom. The Morgan fingerprint density at radius 3 is 2.53 bits per heavy atom. The molecule has 1 aromatic carbocycles. The Labute approximate surface area is 114 Å². The van der Waals surface area contributed by atoms with Crippen molar-refractivity contribution in [3.63, 3.8) is 0 Å². The normalized spacial score (nSPS) is 17.4. The van der Waals surface area contributed by atoms with Crippen LogP contribution >= 0.6 is 0 Å². The first kappa shape index (κ1) is 13.6. The molecule has 0 bridgehead atoms. The first-order valence-electron chi connectivity index (χ1n) is 6.57. The highest BCUT2D eigenvalue weighted by Crippen LogP contribution is 2.17. The fourth-order valence-electron chi connectivity index (χ4n) is 2.42. The van der Waals surface area contributed by atoms with Crippen LogP contribution in [0, 0.1) is 0 Å². The lowest BCUT2D eigenvalue weighted by atomic mass is 9.95. The highest BCUT2D eigenvalue weighted by Gasteiger charge is 2.26. The van der Waals surface area contributed by atoms with Crippen LogP contribution in [0.2, 0.25) is 0 Å². The lowest BCUT2D eigenvalue weighted by Gasteiger charge is -2.30. The SMILES string of the molecule is C=CCN(CC=C)C(=O)[C@@H]1Cc2ccccc2CN1. The van der Waals surface area contributed by atoms with Gasteiger partial charge in [0.15, 0.2) is 0 Å². The maximum absolute atomic E-state index is 12.5. The van der Waals surface area contributed by atoms with Gasteiger partial charge in [0.1, 0.15) is 0 Å². The number of amides is 1. The molecule has 19 heavy (non-hydrogen) atoms. The number of carbonyl (C=O) groups excluding carboxylic acids is 1. The zero-order chi connectivity index (χ0) is 13.7. The summed E-state index contributed by atoms with van der Waals surface area (Å²) in [6, 6.07) is 8.12. The fourth-order valence-corrected chi connectivity index (χ4v) is 2.42. The third kappa shape index (κ3) is 3.12. The Kier molecular flexibility index (Phi) is 4.53. The molecule has 1 heterocycles. The van der Waals surface area contributed by atoms with Crippen molar-refractivity contribution in [3.05, 3.63) is 60.7 Å². The monoisotopic (exact) mass is 256 g/mol. The second kappa shape index (κ2) is 6.34. The topological polar surface area (TPSA) is 32.3 Å². The molecule has 0 fully saturated rings. The largest absolute Gasteiger partial charge is 0.334 e. The van der Waals surface area contributed by atoms with Crippen LogP contribution in [0.3, 0.4) is 0 Å². The maximum Gasteiger partial charge on any atom is 0.240 e. The summed E-state index contributed by atoms with van der Waals surface area (Å²) in [6.07, 6.45) is 4.25. The van der Waals surface area contributed by atoms with Crippen molar-refractivity contribution in [1.82, 2.24) is 10.2 Å². The molecule has 0 spiro atoms. The average Bonchev–Trinajstić information content (AvgIpc) is 2.46. The number of fused-ring (bicyclic) bond motifs is 1. The molecule has 0 saturated heterocycles. The van der Waals surface area contributed by atoms with E-state index in [1.54, 1.807) is 17.1 Å². The number of hydrogen-bond acceptors (Lipinski definition) is 2. The van der Waals surface area contributed by atoms with Gasteiger partial charge in [0.25, 0.3) is 0 Å². The van der Waals surface area contributed by atoms with E-state index in [2.05, 4.69) is 30.6 Å². The van der Waals surface area contributed by atoms with E-state index >= 15 is 0 Å². The van der Waals surface area contributed by atoms with Crippen molar-refractivity contribution in [2.24, 2.45) is 0 Å². The Morgan fingerprint density at radius 2 is 1.89 bits per heavy atom. The zero-order valence-electron chi connectivity index (χ0n) is 11.1. The molecule has 3 heteroatoms. The second-order valence-electron chi connectivity index (χ2n) is 4.73. The molecule has 1 amide bonds. The molecule has 1 aliphatic heterocycles. The van der Waals surface area contributed by atoms with Crippen LogP contribution in [0.1, 0.15) is 11.1 Å². The standard InChI is InChI=1S/C16H20N2O/c1-3-9-18(10-4-2)16(19)15-11-13-7-5-6-8-14(13)12-17-15/h3-8,15,17H,1-2,9-12H2/t15-/m0/s1. The molecule has 2 rings (SSSR count). The summed E-state index contributed by atoms with van der Waals surface area (Å²) in [5.74, 6) is 0.120. The Bertz CT molecular complexity index is 471. The van der Waals surface area contributed by atoms with E-state index in [0.29, 0.717) is 13.1 Å². The van der Waals surface area contributed by atoms with Gasteiger partial charge in [-0.1, -0.05) is 36.4 Å². The van der Waals surface area contributed by atoms with Crippen LogP contribution in [-0.4, -0.2) is 29.9 Å². The minimum Gasteiger partial charge on any atom is -0.334 e. The van der Waals surface area contributed by atoms with Gasteiger partial charge < -0.3 is 10.2 Å². The van der Waals surface area contributed by atoms with Gasteiger partial charge in [0.2, 0.25) is 5.91 Å². The molecule has 0 aliphatic carbocycles. The Hall–Kier alpha value is -1.87. The molecule has 0 unspecified atom stereocenters. The number of benzene rings is 1. The van der Waals surface area contributed by atoms with E-state index < -0.39 is 0 Å². The Balaban J connectivity index is 2.08. The van der Waals surface area contributed by atoms with Crippen LogP contribution in [0.5, 0.6) is 0 Å². The molecule has 0 saturated carbocycles. The lowest BCUT2D eigenvalue weighted by molar-refractivity contribution is -0.132. The van der Waals surface area contributed by atoms with E-state index in [4.69, 9.17) is 0 Å². The maximum atomic E-state index is 12.5. The van der Waals surface area contributed by atoms with E-state index in [9.17, 15) is 4.79 Å². The average molecular weight is 256 g/mol. The van der Waals surface area contributed by atoms with Gasteiger partial charge in [0.05, 0.1) is 6.04 Å². The van der Waals surface area contributed by atoms with Gasteiger partial charge in [-0.15, -0.1) is 13.2 Å². The summed E-state index contributed by atoms with van der Waals surface area (Å²) in [5.41, 5.74) is 2.54. The van der Waals surface area contributed by atoms with Crippen LogP contribution in [0.25, 0.3) is 0 Å². The number of hydrogen-bond donors (Lipinski definition) is 1. The van der Waals surface area contributed by atoms with E-state index in [1.165, 1.54) is 11.1 Å². The molecule has 1 N–H and O–H groups in total. The number of carbonyl (C=O) groups is 1. The van der Waals surface area contributed by atoms with Crippen molar-refractivity contribution >= 4 is 5.91 Å². The van der Waals surface area contributed by atoms with Crippen molar-refractivity contribution in [2.45, 2.75) is 19.0 Å². The minimum atomic E-state index is -0.144. The van der Waals surface area contributed by atoms with Crippen LogP contribution in [0.15, 0.2) is 49.6 Å². The lowest BCUT2D eigenvalue weighted by Crippen LogP contribution is -2.49. The van der Waals surface area contributed by atoms with Gasteiger partial charge in [0, 0.05) is 19.6 Å². The summed E-state index contributed by atoms with van der Waals surface area (Å²) in [5, 5.41) is 3.31. The quantitative estimate of drug-likeness (QED) is 0.816. The van der Waals surface area contributed by atoms with Crippen molar-refractivity contribution in [2.75, 3.05) is 13.1 Å². The van der Waals surface area contributed by atoms with Gasteiger partial charge in [-0.05, 0) is 17.5 Å². The summed E-state index contributed by atoms with van der Waals surface area (Å²) < 4.78 is 0. The zero-order valence-corrected chi connectivity index (χ0v) is 11.1. The molecule has 1 atom stereocenters. The third-order valence-corrected chi connectivity index (χ3v) is 3.39. The molecule has 1 aliphatic rings. The van der Waals surface area contributed by atoms with Crippen LogP contribution < -0.4 is 5.32 Å². The minimum absolute atomic E-state index is 0.120. The first-order chi connectivity index (χ1) is 9.26. The van der Waals surface area contributed by atoms with Crippen LogP contribution in [0.4, 0.5) is 0 Å². The molecular weight excluding hydrogens is 236 g/mol. The number of nitrogens with one attached hydrogen (secondary N) is 1. The number of nitrogens with zero attached hydrogens (tertiary/aromatic N) is 1. The molecule has 0 aromatic heterocycles. The first-order valence-corrected chi connectivity index (χ1v) is 6.57.